The maximum Gasteiger partial charge on any atom is 0.0738 e. The van der Waals surface area contributed by atoms with Crippen molar-refractivity contribution in [3.8, 4) is 0 Å². The van der Waals surface area contributed by atoms with Crippen LogP contribution in [0.4, 0.5) is 0 Å². The molecule has 2 heteroatoms. The van der Waals surface area contributed by atoms with Gasteiger partial charge in [-0.1, -0.05) is 12.8 Å². The van der Waals surface area contributed by atoms with Crippen LogP contribution >= 0.6 is 11.6 Å². The van der Waals surface area contributed by atoms with Crippen LogP contribution in [0.1, 0.15) is 32.6 Å². The monoisotopic (exact) mass is 162 g/mol. The van der Waals surface area contributed by atoms with Gasteiger partial charge >= 0.3 is 0 Å². The van der Waals surface area contributed by atoms with Crippen molar-refractivity contribution in [2.24, 2.45) is 0 Å². The Labute approximate surface area is 67.7 Å². The van der Waals surface area contributed by atoms with Crippen molar-refractivity contribution in [3.05, 3.63) is 0 Å². The van der Waals surface area contributed by atoms with E-state index in [4.69, 9.17) is 16.3 Å². The largest absolute Gasteiger partial charge is 0.377 e. The second kappa shape index (κ2) is 4.20. The summed E-state index contributed by atoms with van der Waals surface area (Å²) in [7, 11) is 0. The highest BCUT2D eigenvalue weighted by Crippen LogP contribution is 2.25. The SMILES string of the molecule is CCOC1CCCCC1Cl. The third-order valence-electron chi connectivity index (χ3n) is 2.00. The standard InChI is InChI=1S/C8H15ClO/c1-2-10-8-6-4-3-5-7(8)9/h7-8H,2-6H2,1H3. The zero-order chi connectivity index (χ0) is 7.40. The Kier molecular flexibility index (Phi) is 3.50. The first-order valence-electron chi connectivity index (χ1n) is 4.10. The van der Waals surface area contributed by atoms with Gasteiger partial charge in [-0.05, 0) is 19.8 Å². The zero-order valence-electron chi connectivity index (χ0n) is 6.48. The van der Waals surface area contributed by atoms with Crippen LogP contribution in [0, 0.1) is 0 Å². The number of rotatable bonds is 2. The van der Waals surface area contributed by atoms with Gasteiger partial charge in [0.2, 0.25) is 0 Å². The average Bonchev–Trinajstić information content (AvgIpc) is 1.94. The second-order valence-electron chi connectivity index (χ2n) is 2.79. The quantitative estimate of drug-likeness (QED) is 0.568. The van der Waals surface area contributed by atoms with Crippen molar-refractivity contribution in [2.45, 2.75) is 44.1 Å². The molecule has 1 nitrogen and oxygen atoms in total. The lowest BCUT2D eigenvalue weighted by Crippen LogP contribution is -2.28. The van der Waals surface area contributed by atoms with Crippen molar-refractivity contribution in [2.75, 3.05) is 6.61 Å². The van der Waals surface area contributed by atoms with Crippen LogP contribution in [0.5, 0.6) is 0 Å². The van der Waals surface area contributed by atoms with E-state index in [1.165, 1.54) is 12.8 Å². The maximum atomic E-state index is 6.04. The van der Waals surface area contributed by atoms with Crippen LogP contribution in [-0.2, 0) is 4.74 Å². The molecule has 0 N–H and O–H groups in total. The van der Waals surface area contributed by atoms with E-state index >= 15 is 0 Å². The van der Waals surface area contributed by atoms with E-state index < -0.39 is 0 Å². The lowest BCUT2D eigenvalue weighted by atomic mass is 9.97. The summed E-state index contributed by atoms with van der Waals surface area (Å²) >= 11 is 6.04. The molecule has 2 atom stereocenters. The predicted octanol–water partition coefficient (Wildman–Crippen LogP) is 2.57. The van der Waals surface area contributed by atoms with Gasteiger partial charge in [0.15, 0.2) is 0 Å². The molecule has 0 aromatic carbocycles. The van der Waals surface area contributed by atoms with Gasteiger partial charge in [-0.3, -0.25) is 0 Å². The molecule has 0 saturated heterocycles. The Morgan fingerprint density at radius 2 is 2.10 bits per heavy atom. The molecular weight excluding hydrogens is 148 g/mol. The zero-order valence-corrected chi connectivity index (χ0v) is 7.23. The Morgan fingerprint density at radius 1 is 1.40 bits per heavy atom. The fraction of sp³-hybridized carbons (Fsp3) is 1.00. The normalized spacial score (nSPS) is 34.2. The summed E-state index contributed by atoms with van der Waals surface area (Å²) in [5, 5.41) is 0.272. The van der Waals surface area contributed by atoms with Gasteiger partial charge in [0, 0.05) is 6.61 Å². The highest BCUT2D eigenvalue weighted by molar-refractivity contribution is 6.21. The third kappa shape index (κ3) is 2.14. The van der Waals surface area contributed by atoms with Crippen molar-refractivity contribution in [3.63, 3.8) is 0 Å². The molecule has 1 aliphatic rings. The molecule has 2 unspecified atom stereocenters. The van der Waals surface area contributed by atoms with Crippen LogP contribution in [0.15, 0.2) is 0 Å². The maximum absolute atomic E-state index is 6.04. The fourth-order valence-corrected chi connectivity index (χ4v) is 1.81. The minimum Gasteiger partial charge on any atom is -0.377 e. The van der Waals surface area contributed by atoms with Crippen LogP contribution in [0.3, 0.4) is 0 Å². The molecule has 0 heterocycles. The summed E-state index contributed by atoms with van der Waals surface area (Å²) in [6.07, 6.45) is 5.18. The third-order valence-corrected chi connectivity index (χ3v) is 2.50. The van der Waals surface area contributed by atoms with Crippen molar-refractivity contribution in [1.82, 2.24) is 0 Å². The van der Waals surface area contributed by atoms with Crippen molar-refractivity contribution in [1.29, 1.82) is 0 Å². The van der Waals surface area contributed by atoms with Crippen LogP contribution in [-0.4, -0.2) is 18.1 Å². The molecule has 60 valence electrons. The Balaban J connectivity index is 2.25. The number of hydrogen-bond donors (Lipinski definition) is 0. The van der Waals surface area contributed by atoms with Crippen molar-refractivity contribution >= 4 is 11.6 Å². The van der Waals surface area contributed by atoms with Gasteiger partial charge in [0.25, 0.3) is 0 Å². The van der Waals surface area contributed by atoms with E-state index in [2.05, 4.69) is 0 Å². The minimum atomic E-state index is 0.272. The first kappa shape index (κ1) is 8.35. The average molecular weight is 163 g/mol. The molecule has 0 spiro atoms. The lowest BCUT2D eigenvalue weighted by molar-refractivity contribution is 0.0399. The molecule has 1 aliphatic carbocycles. The smallest absolute Gasteiger partial charge is 0.0738 e. The molecule has 0 aliphatic heterocycles. The molecule has 0 aromatic rings. The Hall–Kier alpha value is 0.250. The number of halogens is 1. The predicted molar refractivity (Wildman–Crippen MR) is 43.5 cm³/mol. The highest BCUT2D eigenvalue weighted by Gasteiger charge is 2.22. The summed E-state index contributed by atoms with van der Waals surface area (Å²) in [4.78, 5) is 0. The highest BCUT2D eigenvalue weighted by atomic mass is 35.5. The second-order valence-corrected chi connectivity index (χ2v) is 3.35. The van der Waals surface area contributed by atoms with Crippen LogP contribution in [0.25, 0.3) is 0 Å². The van der Waals surface area contributed by atoms with E-state index in [-0.39, 0.29) is 5.38 Å². The minimum absolute atomic E-state index is 0.272. The summed E-state index contributed by atoms with van der Waals surface area (Å²) < 4.78 is 5.46. The first-order chi connectivity index (χ1) is 4.84. The van der Waals surface area contributed by atoms with E-state index in [0.717, 1.165) is 19.4 Å². The van der Waals surface area contributed by atoms with Gasteiger partial charge in [0.05, 0.1) is 11.5 Å². The van der Waals surface area contributed by atoms with Crippen LogP contribution in [0.2, 0.25) is 0 Å². The molecule has 1 fully saturated rings. The molecule has 1 saturated carbocycles. The van der Waals surface area contributed by atoms with Crippen LogP contribution < -0.4 is 0 Å². The van der Waals surface area contributed by atoms with Gasteiger partial charge in [0.1, 0.15) is 0 Å². The molecule has 10 heavy (non-hydrogen) atoms. The van der Waals surface area contributed by atoms with E-state index in [0.29, 0.717) is 6.10 Å². The molecule has 0 radical (unpaired) electrons. The summed E-state index contributed by atoms with van der Waals surface area (Å²) in [6, 6.07) is 0. The Bertz CT molecular complexity index is 93.3. The number of hydrogen-bond acceptors (Lipinski definition) is 1. The fourth-order valence-electron chi connectivity index (χ4n) is 1.45. The van der Waals surface area contributed by atoms with E-state index in [1.54, 1.807) is 0 Å². The van der Waals surface area contributed by atoms with Gasteiger partial charge < -0.3 is 4.74 Å². The Morgan fingerprint density at radius 3 is 2.70 bits per heavy atom. The van der Waals surface area contributed by atoms with Crippen molar-refractivity contribution < 1.29 is 4.74 Å². The summed E-state index contributed by atoms with van der Waals surface area (Å²) in [6.45, 7) is 2.83. The van der Waals surface area contributed by atoms with Gasteiger partial charge in [-0.25, -0.2) is 0 Å². The summed E-state index contributed by atoms with van der Waals surface area (Å²) in [5.41, 5.74) is 0. The molecule has 0 aromatic heterocycles. The molecule has 1 rings (SSSR count). The molecule has 0 amide bonds. The number of ether oxygens (including phenoxy) is 1. The van der Waals surface area contributed by atoms with E-state index in [9.17, 15) is 0 Å². The molecule has 0 bridgehead atoms. The van der Waals surface area contributed by atoms with E-state index in [1.807, 2.05) is 6.92 Å². The lowest BCUT2D eigenvalue weighted by Gasteiger charge is -2.26. The van der Waals surface area contributed by atoms with Gasteiger partial charge in [-0.2, -0.15) is 0 Å². The molecular formula is C8H15ClO. The van der Waals surface area contributed by atoms with Gasteiger partial charge in [-0.15, -0.1) is 11.6 Å². The first-order valence-corrected chi connectivity index (χ1v) is 4.54. The topological polar surface area (TPSA) is 9.23 Å². The number of alkyl halides is 1. The summed E-state index contributed by atoms with van der Waals surface area (Å²) in [5.74, 6) is 0.